The average molecular weight is 292 g/mol. The summed E-state index contributed by atoms with van der Waals surface area (Å²) >= 11 is 0. The molecule has 0 spiro atoms. The summed E-state index contributed by atoms with van der Waals surface area (Å²) in [5.41, 5.74) is 7.16. The Bertz CT molecular complexity index is 509. The van der Waals surface area contributed by atoms with Gasteiger partial charge in [0.15, 0.2) is 17.0 Å². The maximum Gasteiger partial charge on any atom is 0.224 e. The number of hydrogen-bond donors (Lipinski definition) is 3. The normalized spacial score (nSPS) is 15.0. The predicted octanol–water partition coefficient (Wildman–Crippen LogP) is 0.188. The van der Waals surface area contributed by atoms with E-state index in [0.717, 1.165) is 37.5 Å². The van der Waals surface area contributed by atoms with E-state index in [0.29, 0.717) is 5.65 Å². The van der Waals surface area contributed by atoms with Crippen LogP contribution in [0.4, 0.5) is 11.8 Å². The molecular formula is C9H15Cl2N7. The van der Waals surface area contributed by atoms with Gasteiger partial charge in [0.05, 0.1) is 6.33 Å². The van der Waals surface area contributed by atoms with Gasteiger partial charge in [0.1, 0.15) is 0 Å². The fourth-order valence-electron chi connectivity index (χ4n) is 1.93. The van der Waals surface area contributed by atoms with Gasteiger partial charge in [0.25, 0.3) is 0 Å². The molecule has 1 fully saturated rings. The molecule has 0 atom stereocenters. The average Bonchev–Trinajstić information content (AvgIpc) is 2.77. The number of halogens is 2. The molecule has 1 aliphatic rings. The number of H-pyrrole nitrogens is 1. The number of nitrogen functional groups attached to an aromatic ring is 1. The third-order valence-corrected chi connectivity index (χ3v) is 2.69. The number of anilines is 2. The highest BCUT2D eigenvalue weighted by molar-refractivity contribution is 5.85. The highest BCUT2D eigenvalue weighted by atomic mass is 35.5. The van der Waals surface area contributed by atoms with Gasteiger partial charge in [0, 0.05) is 26.2 Å². The summed E-state index contributed by atoms with van der Waals surface area (Å²) < 4.78 is 0. The molecule has 0 saturated carbocycles. The van der Waals surface area contributed by atoms with Crippen LogP contribution in [0.15, 0.2) is 6.33 Å². The number of aromatic nitrogens is 4. The van der Waals surface area contributed by atoms with Crippen LogP contribution < -0.4 is 16.0 Å². The summed E-state index contributed by atoms with van der Waals surface area (Å²) in [7, 11) is 0. The van der Waals surface area contributed by atoms with Crippen LogP contribution in [-0.2, 0) is 0 Å². The lowest BCUT2D eigenvalue weighted by Crippen LogP contribution is -2.44. The Labute approximate surface area is 116 Å². The number of fused-ring (bicyclic) bond motifs is 1. The van der Waals surface area contributed by atoms with Crippen LogP contribution in [0, 0.1) is 0 Å². The monoisotopic (exact) mass is 291 g/mol. The zero-order valence-corrected chi connectivity index (χ0v) is 11.2. The number of rotatable bonds is 1. The Balaban J connectivity index is 0.000000810. The van der Waals surface area contributed by atoms with Gasteiger partial charge in [-0.2, -0.15) is 9.97 Å². The van der Waals surface area contributed by atoms with Crippen LogP contribution in [0.2, 0.25) is 0 Å². The lowest BCUT2D eigenvalue weighted by molar-refractivity contribution is 0.586. The van der Waals surface area contributed by atoms with Gasteiger partial charge in [-0.3, -0.25) is 0 Å². The number of nitrogens with zero attached hydrogens (tertiary/aromatic N) is 4. The van der Waals surface area contributed by atoms with Crippen molar-refractivity contribution in [2.24, 2.45) is 0 Å². The first kappa shape index (κ1) is 14.7. The van der Waals surface area contributed by atoms with Crippen molar-refractivity contribution in [3.63, 3.8) is 0 Å². The van der Waals surface area contributed by atoms with E-state index >= 15 is 0 Å². The molecule has 2 aromatic rings. The Kier molecular flexibility index (Phi) is 4.94. The smallest absolute Gasteiger partial charge is 0.224 e. The van der Waals surface area contributed by atoms with E-state index in [9.17, 15) is 0 Å². The topological polar surface area (TPSA) is 95.7 Å². The fourth-order valence-corrected chi connectivity index (χ4v) is 1.93. The van der Waals surface area contributed by atoms with Crippen LogP contribution in [0.25, 0.3) is 11.2 Å². The summed E-state index contributed by atoms with van der Waals surface area (Å²) in [5.74, 6) is 1.11. The molecular weight excluding hydrogens is 277 g/mol. The summed E-state index contributed by atoms with van der Waals surface area (Å²) in [6, 6.07) is 0. The van der Waals surface area contributed by atoms with Gasteiger partial charge in [-0.15, -0.1) is 24.8 Å². The first-order valence-corrected chi connectivity index (χ1v) is 5.27. The molecule has 0 unspecified atom stereocenters. The highest BCUT2D eigenvalue weighted by Gasteiger charge is 2.17. The minimum absolute atomic E-state index is 0. The van der Waals surface area contributed by atoms with Crippen LogP contribution >= 0.6 is 24.8 Å². The molecule has 0 aromatic carbocycles. The molecule has 9 heteroatoms. The summed E-state index contributed by atoms with van der Waals surface area (Å²) in [6.45, 7) is 3.74. The summed E-state index contributed by atoms with van der Waals surface area (Å²) in [6.07, 6.45) is 1.62. The Morgan fingerprint density at radius 3 is 2.61 bits per heavy atom. The maximum atomic E-state index is 5.68. The second-order valence-corrected chi connectivity index (χ2v) is 3.74. The van der Waals surface area contributed by atoms with Crippen LogP contribution in [0.1, 0.15) is 0 Å². The maximum absolute atomic E-state index is 5.68. The molecule has 0 amide bonds. The molecule has 3 rings (SSSR count). The Morgan fingerprint density at radius 1 is 1.17 bits per heavy atom. The largest absolute Gasteiger partial charge is 0.368 e. The Morgan fingerprint density at radius 2 is 1.89 bits per heavy atom. The second-order valence-electron chi connectivity index (χ2n) is 3.74. The molecule has 2 aromatic heterocycles. The van der Waals surface area contributed by atoms with E-state index in [-0.39, 0.29) is 30.8 Å². The molecule has 0 bridgehead atoms. The molecule has 0 aliphatic carbocycles. The lowest BCUT2D eigenvalue weighted by Gasteiger charge is -2.28. The molecule has 1 aliphatic heterocycles. The van der Waals surface area contributed by atoms with Gasteiger partial charge < -0.3 is 20.9 Å². The zero-order chi connectivity index (χ0) is 11.0. The fraction of sp³-hybridized carbons (Fsp3) is 0.444. The van der Waals surface area contributed by atoms with E-state index in [1.807, 2.05) is 0 Å². The molecule has 0 radical (unpaired) electrons. The van der Waals surface area contributed by atoms with Gasteiger partial charge in [0.2, 0.25) is 5.95 Å². The highest BCUT2D eigenvalue weighted by Crippen LogP contribution is 2.21. The predicted molar refractivity (Wildman–Crippen MR) is 75.7 cm³/mol. The van der Waals surface area contributed by atoms with Crippen molar-refractivity contribution in [2.75, 3.05) is 36.8 Å². The zero-order valence-electron chi connectivity index (χ0n) is 9.59. The standard InChI is InChI=1S/C9H13N7.2ClH/c10-9-14-7-6(12-5-13-7)8(15-9)16-3-1-11-2-4-16;;/h5,11H,1-4H2,(H3,10,12,13,14,15);2*1H. The van der Waals surface area contributed by atoms with Crippen molar-refractivity contribution < 1.29 is 0 Å². The molecule has 7 nitrogen and oxygen atoms in total. The van der Waals surface area contributed by atoms with Gasteiger partial charge in [-0.25, -0.2) is 4.98 Å². The van der Waals surface area contributed by atoms with Crippen molar-refractivity contribution in [2.45, 2.75) is 0 Å². The van der Waals surface area contributed by atoms with Crippen molar-refractivity contribution in [1.82, 2.24) is 25.3 Å². The van der Waals surface area contributed by atoms with Gasteiger partial charge >= 0.3 is 0 Å². The molecule has 1 saturated heterocycles. The van der Waals surface area contributed by atoms with Crippen molar-refractivity contribution in [3.8, 4) is 0 Å². The molecule has 4 N–H and O–H groups in total. The van der Waals surface area contributed by atoms with Crippen LogP contribution in [0.3, 0.4) is 0 Å². The number of nitrogens with two attached hydrogens (primary N) is 1. The molecule has 100 valence electrons. The SMILES string of the molecule is Cl.Cl.Nc1nc(N2CCNCC2)c2nc[nH]c2n1. The molecule has 3 heterocycles. The van der Waals surface area contributed by atoms with E-state index in [4.69, 9.17) is 5.73 Å². The first-order chi connectivity index (χ1) is 7.84. The third kappa shape index (κ3) is 2.58. The van der Waals surface area contributed by atoms with Crippen molar-refractivity contribution in [1.29, 1.82) is 0 Å². The second kappa shape index (κ2) is 6.03. The lowest BCUT2D eigenvalue weighted by atomic mass is 10.3. The molecule has 18 heavy (non-hydrogen) atoms. The number of hydrogen-bond acceptors (Lipinski definition) is 6. The quantitative estimate of drug-likeness (QED) is 0.694. The van der Waals surface area contributed by atoms with E-state index in [1.165, 1.54) is 0 Å². The van der Waals surface area contributed by atoms with Crippen LogP contribution in [-0.4, -0.2) is 46.1 Å². The minimum atomic E-state index is 0. The van der Waals surface area contributed by atoms with E-state index in [1.54, 1.807) is 6.33 Å². The number of imidazole rings is 1. The number of aromatic amines is 1. The van der Waals surface area contributed by atoms with Crippen molar-refractivity contribution in [3.05, 3.63) is 6.33 Å². The summed E-state index contributed by atoms with van der Waals surface area (Å²) in [5, 5.41) is 3.30. The van der Waals surface area contributed by atoms with E-state index in [2.05, 4.69) is 30.2 Å². The van der Waals surface area contributed by atoms with Crippen LogP contribution in [0.5, 0.6) is 0 Å². The van der Waals surface area contributed by atoms with Gasteiger partial charge in [-0.1, -0.05) is 0 Å². The van der Waals surface area contributed by atoms with Crippen molar-refractivity contribution >= 4 is 47.7 Å². The minimum Gasteiger partial charge on any atom is -0.368 e. The van der Waals surface area contributed by atoms with Gasteiger partial charge in [-0.05, 0) is 0 Å². The third-order valence-electron chi connectivity index (χ3n) is 2.69. The summed E-state index contributed by atoms with van der Waals surface area (Å²) in [4.78, 5) is 17.7. The first-order valence-electron chi connectivity index (χ1n) is 5.27. The Hall–Kier alpha value is -1.31. The number of piperazine rings is 1. The number of nitrogens with one attached hydrogen (secondary N) is 2. The van der Waals surface area contributed by atoms with E-state index < -0.39 is 0 Å².